The molecule has 5 rings (SSSR count). The standard InChI is InChI=1S/C26H28N6O/c1-17-6-7-22-21(13-17)23(18-8-10-27-11-9-18)24(30-22)19-5-4-12-32(16-19)25(33)20-14-28-26(29-15-20)31(2)3/h6-11,13-15,19,30H,4-5,12,16H2,1-3H3. The van der Waals surface area contributed by atoms with Crippen LogP contribution in [0.25, 0.3) is 22.0 Å². The Balaban J connectivity index is 1.48. The number of rotatable bonds is 4. The molecule has 4 heterocycles. The molecule has 3 aromatic heterocycles. The van der Waals surface area contributed by atoms with Gasteiger partial charge in [0.1, 0.15) is 0 Å². The Morgan fingerprint density at radius 3 is 2.61 bits per heavy atom. The van der Waals surface area contributed by atoms with Crippen molar-refractivity contribution in [1.29, 1.82) is 0 Å². The second-order valence-corrected chi connectivity index (χ2v) is 8.96. The first-order valence-corrected chi connectivity index (χ1v) is 11.3. The minimum Gasteiger partial charge on any atom is -0.358 e. The summed E-state index contributed by atoms with van der Waals surface area (Å²) in [5.41, 5.74) is 6.44. The summed E-state index contributed by atoms with van der Waals surface area (Å²) in [6.45, 7) is 3.53. The number of carbonyl (C=O) groups excluding carboxylic acids is 1. The zero-order chi connectivity index (χ0) is 22.9. The summed E-state index contributed by atoms with van der Waals surface area (Å²) in [7, 11) is 3.77. The molecular weight excluding hydrogens is 412 g/mol. The van der Waals surface area contributed by atoms with E-state index in [4.69, 9.17) is 0 Å². The van der Waals surface area contributed by atoms with Gasteiger partial charge in [0, 0.05) is 80.1 Å². The predicted octanol–water partition coefficient (Wildman–Crippen LogP) is 4.41. The van der Waals surface area contributed by atoms with Crippen LogP contribution in [0.2, 0.25) is 0 Å². The Morgan fingerprint density at radius 1 is 1.12 bits per heavy atom. The average molecular weight is 441 g/mol. The molecule has 1 atom stereocenters. The van der Waals surface area contributed by atoms with Crippen molar-refractivity contribution in [3.8, 4) is 11.1 Å². The zero-order valence-corrected chi connectivity index (χ0v) is 19.2. The van der Waals surface area contributed by atoms with E-state index in [2.05, 4.69) is 57.2 Å². The van der Waals surface area contributed by atoms with Crippen molar-refractivity contribution in [3.63, 3.8) is 0 Å². The van der Waals surface area contributed by atoms with E-state index < -0.39 is 0 Å². The molecule has 0 bridgehead atoms. The highest BCUT2D eigenvalue weighted by atomic mass is 16.2. The van der Waals surface area contributed by atoms with Gasteiger partial charge < -0.3 is 14.8 Å². The number of aromatic nitrogens is 4. The molecule has 0 radical (unpaired) electrons. The number of pyridine rings is 1. The summed E-state index contributed by atoms with van der Waals surface area (Å²) in [6, 6.07) is 10.6. The van der Waals surface area contributed by atoms with E-state index in [1.54, 1.807) is 12.4 Å². The lowest BCUT2D eigenvalue weighted by atomic mass is 9.89. The maximum Gasteiger partial charge on any atom is 0.257 e. The highest BCUT2D eigenvalue weighted by Gasteiger charge is 2.29. The summed E-state index contributed by atoms with van der Waals surface area (Å²) < 4.78 is 0. The van der Waals surface area contributed by atoms with Gasteiger partial charge in [-0.15, -0.1) is 0 Å². The molecule has 1 aliphatic heterocycles. The number of hydrogen-bond donors (Lipinski definition) is 1. The van der Waals surface area contributed by atoms with Crippen LogP contribution in [0.3, 0.4) is 0 Å². The van der Waals surface area contributed by atoms with Crippen LogP contribution in [-0.4, -0.2) is 57.9 Å². The van der Waals surface area contributed by atoms with Crippen LogP contribution in [-0.2, 0) is 0 Å². The van der Waals surface area contributed by atoms with Crippen molar-refractivity contribution < 1.29 is 4.79 Å². The van der Waals surface area contributed by atoms with E-state index in [9.17, 15) is 4.79 Å². The normalized spacial score (nSPS) is 16.2. The number of piperidine rings is 1. The number of carbonyl (C=O) groups is 1. The highest BCUT2D eigenvalue weighted by molar-refractivity contribution is 5.98. The highest BCUT2D eigenvalue weighted by Crippen LogP contribution is 2.39. The molecule has 7 nitrogen and oxygen atoms in total. The molecule has 1 aliphatic rings. The summed E-state index contributed by atoms with van der Waals surface area (Å²) in [6.07, 6.45) is 8.91. The van der Waals surface area contributed by atoms with Crippen LogP contribution in [0.15, 0.2) is 55.1 Å². The number of amides is 1. The van der Waals surface area contributed by atoms with Crippen LogP contribution in [0.1, 0.15) is 40.4 Å². The first-order valence-electron chi connectivity index (χ1n) is 11.3. The number of aryl methyl sites for hydroxylation is 1. The third kappa shape index (κ3) is 4.06. The quantitative estimate of drug-likeness (QED) is 0.508. The number of aromatic amines is 1. The van der Waals surface area contributed by atoms with Gasteiger partial charge in [0.15, 0.2) is 0 Å². The minimum atomic E-state index is -0.0116. The van der Waals surface area contributed by atoms with Gasteiger partial charge in [-0.3, -0.25) is 9.78 Å². The first-order chi connectivity index (χ1) is 16.0. The molecule has 1 aromatic carbocycles. The topological polar surface area (TPSA) is 78.0 Å². The van der Waals surface area contributed by atoms with Gasteiger partial charge >= 0.3 is 0 Å². The molecule has 0 spiro atoms. The summed E-state index contributed by atoms with van der Waals surface area (Å²) in [4.78, 5) is 33.5. The van der Waals surface area contributed by atoms with Gasteiger partial charge in [-0.2, -0.15) is 0 Å². The van der Waals surface area contributed by atoms with Crippen molar-refractivity contribution in [2.75, 3.05) is 32.1 Å². The smallest absolute Gasteiger partial charge is 0.257 e. The molecule has 4 aromatic rings. The van der Waals surface area contributed by atoms with Crippen molar-refractivity contribution in [2.24, 2.45) is 0 Å². The Bertz CT molecular complexity index is 1280. The third-order valence-electron chi connectivity index (χ3n) is 6.35. The zero-order valence-electron chi connectivity index (χ0n) is 19.2. The summed E-state index contributed by atoms with van der Waals surface area (Å²) in [5, 5.41) is 1.22. The van der Waals surface area contributed by atoms with Crippen molar-refractivity contribution >= 4 is 22.8 Å². The average Bonchev–Trinajstić information content (AvgIpc) is 3.23. The number of H-pyrrole nitrogens is 1. The second-order valence-electron chi connectivity index (χ2n) is 8.96. The predicted molar refractivity (Wildman–Crippen MR) is 131 cm³/mol. The van der Waals surface area contributed by atoms with Crippen molar-refractivity contribution in [1.82, 2.24) is 24.8 Å². The van der Waals surface area contributed by atoms with Crippen LogP contribution < -0.4 is 4.90 Å². The van der Waals surface area contributed by atoms with Gasteiger partial charge in [-0.1, -0.05) is 11.6 Å². The molecule has 0 saturated carbocycles. The molecule has 168 valence electrons. The molecule has 33 heavy (non-hydrogen) atoms. The van der Waals surface area contributed by atoms with Gasteiger partial charge in [-0.25, -0.2) is 9.97 Å². The third-order valence-corrected chi connectivity index (χ3v) is 6.35. The number of fused-ring (bicyclic) bond motifs is 1. The van der Waals surface area contributed by atoms with Crippen LogP contribution in [0.5, 0.6) is 0 Å². The maximum absolute atomic E-state index is 13.2. The number of likely N-dealkylation sites (tertiary alicyclic amines) is 1. The van der Waals surface area contributed by atoms with E-state index in [1.807, 2.05) is 36.3 Å². The number of nitrogens with one attached hydrogen (secondary N) is 1. The lowest BCUT2D eigenvalue weighted by molar-refractivity contribution is 0.0705. The minimum absolute atomic E-state index is 0.0116. The van der Waals surface area contributed by atoms with Crippen LogP contribution in [0, 0.1) is 6.92 Å². The maximum atomic E-state index is 13.2. The monoisotopic (exact) mass is 440 g/mol. The summed E-state index contributed by atoms with van der Waals surface area (Å²) >= 11 is 0. The number of benzene rings is 1. The number of hydrogen-bond acceptors (Lipinski definition) is 5. The van der Waals surface area contributed by atoms with E-state index in [-0.39, 0.29) is 11.8 Å². The van der Waals surface area contributed by atoms with E-state index in [0.29, 0.717) is 18.1 Å². The molecular formula is C26H28N6O. The Hall–Kier alpha value is -3.74. The fourth-order valence-corrected chi connectivity index (χ4v) is 4.70. The number of anilines is 1. The van der Waals surface area contributed by atoms with Crippen LogP contribution in [0.4, 0.5) is 5.95 Å². The fourth-order valence-electron chi connectivity index (χ4n) is 4.70. The Labute approximate surface area is 193 Å². The molecule has 1 fully saturated rings. The first kappa shape index (κ1) is 21.1. The molecule has 1 saturated heterocycles. The molecule has 1 amide bonds. The van der Waals surface area contributed by atoms with Gasteiger partial charge in [0.25, 0.3) is 5.91 Å². The van der Waals surface area contributed by atoms with Gasteiger partial charge in [0.2, 0.25) is 5.95 Å². The fraction of sp³-hybridized carbons (Fsp3) is 0.308. The van der Waals surface area contributed by atoms with E-state index in [1.165, 1.54) is 22.2 Å². The molecule has 1 unspecified atom stereocenters. The number of nitrogens with zero attached hydrogens (tertiary/aromatic N) is 5. The lowest BCUT2D eigenvalue weighted by Crippen LogP contribution is -2.39. The van der Waals surface area contributed by atoms with Gasteiger partial charge in [-0.05, 0) is 49.6 Å². The van der Waals surface area contributed by atoms with Gasteiger partial charge in [0.05, 0.1) is 5.56 Å². The summed E-state index contributed by atoms with van der Waals surface area (Å²) in [5.74, 6) is 0.807. The second kappa shape index (κ2) is 8.65. The Kier molecular flexibility index (Phi) is 5.54. The van der Waals surface area contributed by atoms with Crippen molar-refractivity contribution in [2.45, 2.75) is 25.7 Å². The van der Waals surface area contributed by atoms with E-state index in [0.717, 1.165) is 30.5 Å². The van der Waals surface area contributed by atoms with E-state index >= 15 is 0 Å². The van der Waals surface area contributed by atoms with Crippen LogP contribution >= 0.6 is 0 Å². The Morgan fingerprint density at radius 2 is 1.88 bits per heavy atom. The largest absolute Gasteiger partial charge is 0.358 e. The lowest BCUT2D eigenvalue weighted by Gasteiger charge is -2.33. The molecule has 1 N–H and O–H groups in total. The van der Waals surface area contributed by atoms with Crippen molar-refractivity contribution in [3.05, 3.63) is 71.9 Å². The molecule has 0 aliphatic carbocycles. The SMILES string of the molecule is Cc1ccc2[nH]c(C3CCCN(C(=O)c4cnc(N(C)C)nc4)C3)c(-c3ccncc3)c2c1. The molecule has 7 heteroatoms.